The van der Waals surface area contributed by atoms with Gasteiger partial charge in [0.05, 0.1) is 62.6 Å². The zero-order chi connectivity index (χ0) is 70.8. The Morgan fingerprint density at radius 2 is 0.634 bits per heavy atom. The number of hydrogen-bond acceptors (Lipinski definition) is 16. The number of anilines is 4. The lowest BCUT2D eigenvalue weighted by Gasteiger charge is -2.39. The summed E-state index contributed by atoms with van der Waals surface area (Å²) in [5.74, 6) is 3.12. The minimum Gasteiger partial charge on any atom is -0.355 e. The van der Waals surface area contributed by atoms with Crippen LogP contribution < -0.4 is 19.6 Å². The van der Waals surface area contributed by atoms with E-state index in [-0.39, 0.29) is 5.02 Å². The van der Waals surface area contributed by atoms with Gasteiger partial charge < -0.3 is 19.6 Å². The van der Waals surface area contributed by atoms with Crippen molar-refractivity contribution < 1.29 is 4.39 Å². The van der Waals surface area contributed by atoms with Gasteiger partial charge in [0.2, 0.25) is 22.6 Å². The van der Waals surface area contributed by atoms with Crippen molar-refractivity contribution in [2.24, 2.45) is 21.7 Å². The molecule has 0 atom stereocenters. The fraction of sp³-hybridized carbons (Fsp3) is 0.413. The highest BCUT2D eigenvalue weighted by Gasteiger charge is 2.33. The molecule has 0 saturated carbocycles. The number of piperidine rings is 4. The molecule has 0 radical (unpaired) electrons. The monoisotopic (exact) mass is 1460 g/mol. The van der Waals surface area contributed by atoms with Gasteiger partial charge in [-0.1, -0.05) is 163 Å². The van der Waals surface area contributed by atoms with Crippen LogP contribution >= 0.6 is 58.0 Å². The highest BCUT2D eigenvalue weighted by Crippen LogP contribution is 2.41. The fourth-order valence-corrected chi connectivity index (χ4v) is 14.1. The van der Waals surface area contributed by atoms with E-state index in [1.165, 1.54) is 63.9 Å². The van der Waals surface area contributed by atoms with Crippen LogP contribution in [0, 0.1) is 27.5 Å². The molecule has 12 aromatic rings. The molecular formula is C75H84Cl5FN20. The molecule has 0 bridgehead atoms. The molecule has 526 valence electrons. The fourth-order valence-electron chi connectivity index (χ4n) is 13.3. The van der Waals surface area contributed by atoms with Gasteiger partial charge in [0.25, 0.3) is 0 Å². The highest BCUT2D eigenvalue weighted by atomic mass is 35.5. The third kappa shape index (κ3) is 16.0. The maximum Gasteiger partial charge on any atom is 0.202 e. The number of H-pyrrole nitrogens is 4. The summed E-state index contributed by atoms with van der Waals surface area (Å²) in [6, 6.07) is 25.3. The van der Waals surface area contributed by atoms with E-state index >= 15 is 0 Å². The van der Waals surface area contributed by atoms with E-state index in [0.717, 1.165) is 144 Å². The lowest BCUT2D eigenvalue weighted by atomic mass is 9.78. The molecule has 16 rings (SSSR count). The number of aromatic nitrogens is 16. The first-order valence-corrected chi connectivity index (χ1v) is 36.7. The van der Waals surface area contributed by atoms with Crippen LogP contribution in [-0.2, 0) is 0 Å². The number of fused-ring (bicyclic) bond motifs is 4. The number of nitrogens with one attached hydrogen (secondary N) is 4. The van der Waals surface area contributed by atoms with Crippen LogP contribution in [-0.4, -0.2) is 133 Å². The molecule has 0 unspecified atom stereocenters. The van der Waals surface area contributed by atoms with Gasteiger partial charge in [0.1, 0.15) is 51.2 Å². The largest absolute Gasteiger partial charge is 0.355 e. The molecule has 4 aromatic carbocycles. The van der Waals surface area contributed by atoms with Crippen LogP contribution in [0.5, 0.6) is 0 Å². The Morgan fingerprint density at radius 1 is 0.356 bits per heavy atom. The van der Waals surface area contributed by atoms with Gasteiger partial charge in [-0.15, -0.1) is 0 Å². The zero-order valence-electron chi connectivity index (χ0n) is 58.3. The summed E-state index contributed by atoms with van der Waals surface area (Å²) in [5, 5.41) is 32.0. The van der Waals surface area contributed by atoms with E-state index in [1.54, 1.807) is 24.4 Å². The topological polar surface area (TPSA) is 231 Å². The first kappa shape index (κ1) is 71.1. The van der Waals surface area contributed by atoms with Gasteiger partial charge in [0, 0.05) is 84.7 Å². The molecule has 4 saturated heterocycles. The van der Waals surface area contributed by atoms with Crippen LogP contribution in [0.4, 0.5) is 27.7 Å². The lowest BCUT2D eigenvalue weighted by molar-refractivity contribution is 0.237. The number of benzene rings is 4. The van der Waals surface area contributed by atoms with Gasteiger partial charge in [-0.2, -0.15) is 20.4 Å². The molecule has 0 amide bonds. The van der Waals surface area contributed by atoms with Crippen molar-refractivity contribution in [2.45, 2.75) is 126 Å². The van der Waals surface area contributed by atoms with E-state index in [4.69, 9.17) is 73.0 Å². The molecule has 26 heteroatoms. The highest BCUT2D eigenvalue weighted by molar-refractivity contribution is 6.42. The molecule has 4 fully saturated rings. The quantitative estimate of drug-likeness (QED) is 0.0943. The number of nitrogens with zero attached hydrogens (tertiary/aromatic N) is 16. The maximum absolute atomic E-state index is 13.4. The Balaban J connectivity index is 0.000000120. The average molecular weight is 1460 g/mol. The summed E-state index contributed by atoms with van der Waals surface area (Å²) in [6.45, 7) is 26.6. The first-order valence-electron chi connectivity index (χ1n) is 34.8. The average Bonchev–Trinajstić information content (AvgIpc) is 1.71. The number of aromatic amines is 4. The lowest BCUT2D eigenvalue weighted by Crippen LogP contribution is -2.38. The van der Waals surface area contributed by atoms with Crippen LogP contribution in [0.25, 0.3) is 89.7 Å². The Hall–Kier alpha value is -8.34. The predicted molar refractivity (Wildman–Crippen MR) is 408 cm³/mol. The number of hydrogen-bond donors (Lipinski definition) is 4. The summed E-state index contributed by atoms with van der Waals surface area (Å²) in [6.07, 6.45) is 20.4. The van der Waals surface area contributed by atoms with Crippen molar-refractivity contribution in [1.82, 2.24) is 80.7 Å². The number of rotatable bonds is 11. The normalized spacial score (nSPS) is 17.1. The molecule has 4 aliphatic rings. The van der Waals surface area contributed by atoms with Gasteiger partial charge in [-0.3, -0.25) is 20.4 Å². The molecule has 20 nitrogen and oxygen atoms in total. The van der Waals surface area contributed by atoms with Gasteiger partial charge in [0.15, 0.2) is 0 Å². The minimum absolute atomic E-state index is 0.0714. The Morgan fingerprint density at radius 3 is 0.931 bits per heavy atom. The summed E-state index contributed by atoms with van der Waals surface area (Å²) in [7, 11) is 0. The van der Waals surface area contributed by atoms with E-state index in [1.807, 2.05) is 79.3 Å². The minimum atomic E-state index is -0.447. The zero-order valence-corrected chi connectivity index (χ0v) is 62.0. The van der Waals surface area contributed by atoms with E-state index < -0.39 is 5.82 Å². The molecule has 8 aromatic heterocycles. The molecule has 12 heterocycles. The Bertz CT molecular complexity index is 4690. The van der Waals surface area contributed by atoms with Gasteiger partial charge in [-0.05, 0) is 128 Å². The van der Waals surface area contributed by atoms with Crippen molar-refractivity contribution in [3.05, 3.63) is 141 Å². The molecule has 0 aliphatic carbocycles. The van der Waals surface area contributed by atoms with Gasteiger partial charge >= 0.3 is 0 Å². The summed E-state index contributed by atoms with van der Waals surface area (Å²) < 4.78 is 13.4. The Labute approximate surface area is 612 Å². The third-order valence-corrected chi connectivity index (χ3v) is 23.1. The van der Waals surface area contributed by atoms with E-state index in [2.05, 4.69) is 141 Å². The molecule has 101 heavy (non-hydrogen) atoms. The van der Waals surface area contributed by atoms with Crippen LogP contribution in [0.1, 0.15) is 126 Å². The second-order valence-electron chi connectivity index (χ2n) is 28.9. The second kappa shape index (κ2) is 29.9. The first-order chi connectivity index (χ1) is 48.6. The van der Waals surface area contributed by atoms with Crippen molar-refractivity contribution in [3.63, 3.8) is 0 Å². The third-order valence-electron chi connectivity index (χ3n) is 21.6. The van der Waals surface area contributed by atoms with Crippen LogP contribution in [0.2, 0.25) is 25.1 Å². The van der Waals surface area contributed by atoms with Crippen LogP contribution in [0.15, 0.2) is 110 Å². The van der Waals surface area contributed by atoms with Crippen LogP contribution in [0.3, 0.4) is 0 Å². The molecular weight excluding hydrogens is 1380 g/mol. The predicted octanol–water partition coefficient (Wildman–Crippen LogP) is 19.2. The van der Waals surface area contributed by atoms with Crippen molar-refractivity contribution in [2.75, 3.05) is 72.0 Å². The summed E-state index contributed by atoms with van der Waals surface area (Å²) in [5.41, 5.74) is 14.1. The molecule has 4 N–H and O–H groups in total. The Kier molecular flexibility index (Phi) is 21.1. The smallest absolute Gasteiger partial charge is 0.202 e. The molecule has 4 aliphatic heterocycles. The molecule has 0 spiro atoms. The SMILES string of the molecule is CC1(C)CCN(c2cnc3c(-c4ccc(Cl)cc4)[nH]nc3n2)CC1.CCC1(C)CCN(c2cnc3c(-c4ccc(Cl)c(Cl)c4)[nH]nc3n2)CC1.CCC1(C)CCN(c2cnc3c(-c4ccc(Cl)cc4)[nH]nc3n2)CC1.CCC1(C)CCN(c2cnc3c(-c4ccc(F)c(Cl)c4)[nH]nc3n2)CC1. The van der Waals surface area contributed by atoms with Crippen molar-refractivity contribution >= 4 is 126 Å². The summed E-state index contributed by atoms with van der Waals surface area (Å²) >= 11 is 30.0. The second-order valence-corrected chi connectivity index (χ2v) is 31.0. The van der Waals surface area contributed by atoms with E-state index in [0.29, 0.717) is 75.5 Å². The maximum atomic E-state index is 13.4. The van der Waals surface area contributed by atoms with Gasteiger partial charge in [-0.25, -0.2) is 44.3 Å². The number of halogens is 6. The van der Waals surface area contributed by atoms with Crippen molar-refractivity contribution in [1.29, 1.82) is 0 Å². The van der Waals surface area contributed by atoms with E-state index in [9.17, 15) is 4.39 Å². The van der Waals surface area contributed by atoms with Crippen molar-refractivity contribution in [3.8, 4) is 45.0 Å². The standard InChI is InChI=1S/C19H21Cl2N5.C19H21ClFN5.C19H22ClN5.C18H20ClN5/c1-3-19(2)6-8-26(9-7-19)15-11-22-17-16(24-25-18(17)23-15)12-4-5-13(20)14(21)10-12;1-3-19(2)6-8-26(9-7-19)15-11-22-17-16(24-25-18(17)23-15)12-4-5-14(21)13(20)10-12;1-3-19(2)8-10-25(11-9-19)15-12-21-17-16(23-24-18(17)22-15)13-4-6-14(20)7-5-13;1-18(2)7-9-24(10-8-18)14-11-20-16-15(22-23-17(16)21-14)12-3-5-13(19)6-4-12/h2*4-5,10-11H,3,6-9H2,1-2H3,(H,23,24,25);4-7,12H,3,8-11H2,1-2H3,(H,22,23,24);3-6,11H,7-10H2,1-2H3,(H,21,22,23). The summed E-state index contributed by atoms with van der Waals surface area (Å²) in [4.78, 5) is 46.5.